The zero-order valence-electron chi connectivity index (χ0n) is 18.0. The Hall–Kier alpha value is -4.11. The molecular weight excluding hydrogens is 412 g/mol. The molecule has 1 heterocycles. The fourth-order valence-electron chi connectivity index (χ4n) is 4.06. The number of halogens is 2. The van der Waals surface area contributed by atoms with Crippen molar-refractivity contribution in [3.8, 4) is 33.6 Å². The van der Waals surface area contributed by atoms with Gasteiger partial charge in [0.05, 0.1) is 0 Å². The lowest BCUT2D eigenvalue weighted by molar-refractivity contribution is -0.666. The van der Waals surface area contributed by atoms with Crippen LogP contribution in [0.4, 0.5) is 4.39 Å². The van der Waals surface area contributed by atoms with Gasteiger partial charge in [-0.3, -0.25) is 0 Å². The number of hydrogen-bond donors (Lipinski definition) is 0. The van der Waals surface area contributed by atoms with Crippen molar-refractivity contribution in [2.24, 2.45) is 0 Å². The van der Waals surface area contributed by atoms with Gasteiger partial charge in [-0.25, -0.2) is 4.39 Å². The van der Waals surface area contributed by atoms with Gasteiger partial charge in [0.2, 0.25) is 11.4 Å². The summed E-state index contributed by atoms with van der Waals surface area (Å²) in [4.78, 5) is 0. The van der Waals surface area contributed by atoms with Crippen molar-refractivity contribution in [1.82, 2.24) is 0 Å². The zero-order valence-corrected chi connectivity index (χ0v) is 18.0. The highest BCUT2D eigenvalue weighted by Gasteiger charge is 2.23. The minimum Gasteiger partial charge on any atom is -1.00 e. The van der Waals surface area contributed by atoms with Crippen molar-refractivity contribution >= 4 is 0 Å². The first kappa shape index (κ1) is 22.1. The predicted octanol–water partition coefficient (Wildman–Crippen LogP) is 4.17. The van der Waals surface area contributed by atoms with Crippen LogP contribution in [0.1, 0.15) is 5.56 Å². The first-order valence-corrected chi connectivity index (χ1v) is 10.8. The van der Waals surface area contributed by atoms with Gasteiger partial charge in [-0.15, -0.1) is 0 Å². The first-order chi connectivity index (χ1) is 15.8. The van der Waals surface area contributed by atoms with Crippen molar-refractivity contribution in [2.45, 2.75) is 6.54 Å². The highest BCUT2D eigenvalue weighted by Crippen LogP contribution is 2.29. The van der Waals surface area contributed by atoms with Crippen molar-refractivity contribution < 1.29 is 13.7 Å². The summed E-state index contributed by atoms with van der Waals surface area (Å²) >= 11 is 0. The Bertz CT molecular complexity index is 1260. The summed E-state index contributed by atoms with van der Waals surface area (Å²) in [5.41, 5.74) is 7.92. The number of pyridine rings is 1. The molecule has 4 aromatic carbocycles. The van der Waals surface area contributed by atoms with Crippen molar-refractivity contribution in [1.29, 1.82) is 0 Å². The molecule has 1 aromatic heterocycles. The summed E-state index contributed by atoms with van der Waals surface area (Å²) in [6, 6.07) is 42.6. The lowest BCUT2D eigenvalue weighted by Gasteiger charge is -2.13. The summed E-state index contributed by atoms with van der Waals surface area (Å²) in [7, 11) is 0. The van der Waals surface area contributed by atoms with Crippen molar-refractivity contribution in [2.75, 3.05) is 0 Å². The van der Waals surface area contributed by atoms with Crippen LogP contribution < -0.4 is 9.27 Å². The Balaban J connectivity index is 0.00000259. The Morgan fingerprint density at radius 3 is 1.36 bits per heavy atom. The summed E-state index contributed by atoms with van der Waals surface area (Å²) in [6.45, 7) is 0.643. The molecule has 0 atom stereocenters. The van der Waals surface area contributed by atoms with Gasteiger partial charge >= 0.3 is 0 Å². The largest absolute Gasteiger partial charge is 1.00 e. The Morgan fingerprint density at radius 2 is 0.909 bits per heavy atom. The molecule has 5 aromatic rings. The van der Waals surface area contributed by atoms with Crippen LogP contribution in [0.25, 0.3) is 33.6 Å². The third-order valence-electron chi connectivity index (χ3n) is 5.67. The Labute approximate surface area is 192 Å². The third kappa shape index (κ3) is 4.88. The highest BCUT2D eigenvalue weighted by molar-refractivity contribution is 5.73. The van der Waals surface area contributed by atoms with E-state index in [-0.39, 0.29) is 10.5 Å². The molecule has 0 aliphatic rings. The minimum atomic E-state index is -0.218. The van der Waals surface area contributed by atoms with Crippen LogP contribution in [0.5, 0.6) is 0 Å². The molecule has 0 N–H and O–H groups in total. The van der Waals surface area contributed by atoms with E-state index in [0.29, 0.717) is 6.54 Å². The molecule has 0 bridgehead atoms. The molecule has 0 spiro atoms. The maximum absolute atomic E-state index is 13.5. The lowest BCUT2D eigenvalue weighted by Crippen LogP contribution is -3.00. The van der Waals surface area contributed by atoms with Crippen molar-refractivity contribution in [3.63, 3.8) is 0 Å². The number of nitrogens with zero attached hydrogens (tertiary/aromatic N) is 1. The normalized spacial score (nSPS) is 10.5. The van der Waals surface area contributed by atoms with Gasteiger partial charge in [0.1, 0.15) is 5.82 Å². The number of aromatic nitrogens is 1. The van der Waals surface area contributed by atoms with Crippen LogP contribution in [0.3, 0.4) is 0 Å². The SMILES string of the molecule is Fc1ccc(C[n+]2c(-c3ccccc3)cc(-c3ccccc3)cc2-c2ccccc2)cc1.[F-]. The minimum absolute atomic E-state index is 0. The third-order valence-corrected chi connectivity index (χ3v) is 5.67. The van der Waals surface area contributed by atoms with Gasteiger partial charge in [0.15, 0.2) is 6.54 Å². The molecule has 33 heavy (non-hydrogen) atoms. The maximum atomic E-state index is 13.5. The fourth-order valence-corrected chi connectivity index (χ4v) is 4.06. The molecule has 3 heteroatoms. The molecule has 0 radical (unpaired) electrons. The second kappa shape index (κ2) is 10.0. The molecular formula is C30H23F2N. The average Bonchev–Trinajstić information content (AvgIpc) is 2.87. The van der Waals surface area contributed by atoms with Gasteiger partial charge in [0.25, 0.3) is 0 Å². The lowest BCUT2D eigenvalue weighted by atomic mass is 9.98. The molecule has 0 unspecified atom stereocenters. The molecule has 1 nitrogen and oxygen atoms in total. The zero-order chi connectivity index (χ0) is 21.8. The highest BCUT2D eigenvalue weighted by atomic mass is 19.1. The van der Waals surface area contributed by atoms with E-state index in [1.54, 1.807) is 0 Å². The Morgan fingerprint density at radius 1 is 0.485 bits per heavy atom. The molecule has 0 aliphatic carbocycles. The van der Waals surface area contributed by atoms with Gasteiger partial charge < -0.3 is 4.70 Å². The topological polar surface area (TPSA) is 3.88 Å². The molecule has 0 aliphatic heterocycles. The Kier molecular flexibility index (Phi) is 6.70. The van der Waals surface area contributed by atoms with Crippen LogP contribution >= 0.6 is 0 Å². The first-order valence-electron chi connectivity index (χ1n) is 10.8. The smallest absolute Gasteiger partial charge is 0.213 e. The molecule has 0 saturated carbocycles. The molecule has 0 fully saturated rings. The molecule has 162 valence electrons. The fraction of sp³-hybridized carbons (Fsp3) is 0.0333. The van der Waals surface area contributed by atoms with Gasteiger partial charge in [-0.2, -0.15) is 4.57 Å². The second-order valence-electron chi connectivity index (χ2n) is 7.83. The molecule has 0 amide bonds. The monoisotopic (exact) mass is 435 g/mol. The maximum Gasteiger partial charge on any atom is 0.213 e. The predicted molar refractivity (Wildman–Crippen MR) is 128 cm³/mol. The van der Waals surface area contributed by atoms with Crippen LogP contribution in [-0.2, 0) is 6.54 Å². The summed E-state index contributed by atoms with van der Waals surface area (Å²) in [5, 5.41) is 0. The van der Waals surface area contributed by atoms with E-state index in [9.17, 15) is 4.39 Å². The van der Waals surface area contributed by atoms with E-state index in [1.807, 2.05) is 30.3 Å². The van der Waals surface area contributed by atoms with E-state index in [0.717, 1.165) is 28.1 Å². The van der Waals surface area contributed by atoms with E-state index >= 15 is 0 Å². The van der Waals surface area contributed by atoms with Gasteiger partial charge in [-0.05, 0) is 59.7 Å². The van der Waals surface area contributed by atoms with Crippen LogP contribution in [0.2, 0.25) is 0 Å². The van der Waals surface area contributed by atoms with Crippen molar-refractivity contribution in [3.05, 3.63) is 139 Å². The van der Waals surface area contributed by atoms with E-state index < -0.39 is 0 Å². The van der Waals surface area contributed by atoms with E-state index in [4.69, 9.17) is 0 Å². The van der Waals surface area contributed by atoms with E-state index in [1.165, 1.54) is 23.3 Å². The van der Waals surface area contributed by atoms with Gasteiger partial charge in [-0.1, -0.05) is 66.7 Å². The van der Waals surface area contributed by atoms with Crippen LogP contribution in [-0.4, -0.2) is 0 Å². The number of rotatable bonds is 5. The summed E-state index contributed by atoms with van der Waals surface area (Å²) in [6.07, 6.45) is 0. The standard InChI is InChI=1S/C30H23FN.FH/c31-28-18-16-23(17-19-28)22-32-29(25-12-6-2-7-13-25)20-27(24-10-4-1-5-11-24)21-30(32)26-14-8-3-9-15-26;/h1-21H,22H2;1H/q+1;/p-1. The average molecular weight is 436 g/mol. The second-order valence-corrected chi connectivity index (χ2v) is 7.83. The molecule has 5 rings (SSSR count). The van der Waals surface area contributed by atoms with E-state index in [2.05, 4.69) is 89.5 Å². The number of benzene rings is 4. The summed E-state index contributed by atoms with van der Waals surface area (Å²) in [5.74, 6) is -0.218. The van der Waals surface area contributed by atoms with Crippen LogP contribution in [0.15, 0.2) is 127 Å². The van der Waals surface area contributed by atoms with Gasteiger partial charge in [0, 0.05) is 28.8 Å². The quantitative estimate of drug-likeness (QED) is 0.365. The molecule has 0 saturated heterocycles. The number of hydrogen-bond acceptors (Lipinski definition) is 0. The van der Waals surface area contributed by atoms with Crippen LogP contribution in [0, 0.1) is 5.82 Å². The summed E-state index contributed by atoms with van der Waals surface area (Å²) < 4.78 is 15.9.